The van der Waals surface area contributed by atoms with E-state index in [4.69, 9.17) is 0 Å². The number of hydrogen-bond donors (Lipinski definition) is 1. The summed E-state index contributed by atoms with van der Waals surface area (Å²) in [7, 11) is 0. The molecule has 0 saturated heterocycles. The maximum atomic E-state index is 13.0. The molecule has 1 aromatic heterocycles. The van der Waals surface area contributed by atoms with Crippen molar-refractivity contribution < 1.29 is 9.18 Å². The van der Waals surface area contributed by atoms with E-state index in [2.05, 4.69) is 10.3 Å². The number of rotatable bonds is 1. The van der Waals surface area contributed by atoms with Crippen molar-refractivity contribution in [2.75, 3.05) is 11.9 Å². The molecule has 1 N–H and O–H groups in total. The maximum absolute atomic E-state index is 13.0. The van der Waals surface area contributed by atoms with Gasteiger partial charge in [0.05, 0.1) is 5.56 Å². The van der Waals surface area contributed by atoms with Gasteiger partial charge in [0.1, 0.15) is 5.82 Å². The second kappa shape index (κ2) is 3.12. The quantitative estimate of drug-likeness (QED) is 0.524. The topological polar surface area (TPSA) is 42.0 Å². The van der Waals surface area contributed by atoms with Gasteiger partial charge in [0, 0.05) is 6.54 Å². The van der Waals surface area contributed by atoms with Crippen LogP contribution in [0.5, 0.6) is 0 Å². The predicted octanol–water partition coefficient (Wildman–Crippen LogP) is 1.39. The maximum Gasteiger partial charge on any atom is 0.225 e. The van der Waals surface area contributed by atoms with Crippen molar-refractivity contribution in [2.24, 2.45) is 0 Å². The van der Waals surface area contributed by atoms with Crippen molar-refractivity contribution in [2.45, 2.75) is 12.8 Å². The number of fused-ring (bicyclic) bond motifs is 1. The number of pyridine rings is 1. The van der Waals surface area contributed by atoms with Crippen LogP contribution in [0.3, 0.4) is 0 Å². The van der Waals surface area contributed by atoms with Crippen LogP contribution < -0.4 is 5.32 Å². The normalized spacial score (nSPS) is 14.5. The first-order chi connectivity index (χ1) is 6.31. The highest BCUT2D eigenvalue weighted by Crippen LogP contribution is 2.21. The van der Waals surface area contributed by atoms with Crippen LogP contribution in [0.25, 0.3) is 0 Å². The molecular weight excluding hydrogens is 171 g/mol. The molecule has 4 heteroatoms. The molecule has 0 saturated carbocycles. The lowest BCUT2D eigenvalue weighted by atomic mass is 10.1. The van der Waals surface area contributed by atoms with Crippen LogP contribution in [0, 0.1) is 5.95 Å². The first-order valence-corrected chi connectivity index (χ1v) is 4.20. The number of aromatic nitrogens is 1. The third-order valence-corrected chi connectivity index (χ3v) is 2.12. The fraction of sp³-hybridized carbons (Fsp3) is 0.333. The summed E-state index contributed by atoms with van der Waals surface area (Å²) in [4.78, 5) is 14.1. The lowest BCUT2D eigenvalue weighted by Gasteiger charge is -2.16. The van der Waals surface area contributed by atoms with Crippen LogP contribution in [-0.2, 0) is 6.42 Å². The molecule has 68 valence electrons. The average molecular weight is 180 g/mol. The molecule has 3 nitrogen and oxygen atoms in total. The molecule has 0 spiro atoms. The minimum absolute atomic E-state index is 0.0439. The van der Waals surface area contributed by atoms with Crippen LogP contribution >= 0.6 is 0 Å². The number of nitrogens with one attached hydrogen (secondary N) is 1. The Balaban J connectivity index is 2.50. The first kappa shape index (κ1) is 8.16. The molecular formula is C9H9FN2O. The number of nitrogens with zero attached hydrogens (tertiary/aromatic N) is 1. The fourth-order valence-corrected chi connectivity index (χ4v) is 1.46. The molecule has 1 aromatic rings. The van der Waals surface area contributed by atoms with E-state index in [9.17, 15) is 9.18 Å². The van der Waals surface area contributed by atoms with E-state index in [1.165, 1.54) is 0 Å². The average Bonchev–Trinajstić information content (AvgIpc) is 2.17. The number of carbonyl (C=O) groups excluding carboxylic acids is 1. The van der Waals surface area contributed by atoms with Crippen LogP contribution in [0.15, 0.2) is 6.07 Å². The van der Waals surface area contributed by atoms with Crippen molar-refractivity contribution in [3.8, 4) is 0 Å². The zero-order chi connectivity index (χ0) is 9.26. The second-order valence-electron chi connectivity index (χ2n) is 3.02. The summed E-state index contributed by atoms with van der Waals surface area (Å²) >= 11 is 0. The summed E-state index contributed by atoms with van der Waals surface area (Å²) in [5, 5.41) is 2.99. The molecule has 13 heavy (non-hydrogen) atoms. The van der Waals surface area contributed by atoms with Gasteiger partial charge in [0.2, 0.25) is 5.95 Å². The van der Waals surface area contributed by atoms with Gasteiger partial charge in [-0.2, -0.15) is 4.39 Å². The number of aldehydes is 1. The van der Waals surface area contributed by atoms with Crippen molar-refractivity contribution in [1.82, 2.24) is 4.98 Å². The molecule has 0 aliphatic carbocycles. The fourth-order valence-electron chi connectivity index (χ4n) is 1.46. The zero-order valence-electron chi connectivity index (χ0n) is 7.01. The molecule has 2 heterocycles. The standard InChI is InChI=1S/C9H9FN2O/c10-8-7(5-13)4-6-2-1-3-11-9(6)12-8/h4-5H,1-3H2,(H,11,12). The van der Waals surface area contributed by atoms with E-state index in [0.717, 1.165) is 24.9 Å². The minimum atomic E-state index is -0.692. The Kier molecular flexibility index (Phi) is 1.96. The summed E-state index contributed by atoms with van der Waals surface area (Å²) in [5.74, 6) is -0.113. The highest BCUT2D eigenvalue weighted by atomic mass is 19.1. The van der Waals surface area contributed by atoms with E-state index in [1.807, 2.05) is 0 Å². The van der Waals surface area contributed by atoms with Crippen LogP contribution in [-0.4, -0.2) is 17.8 Å². The van der Waals surface area contributed by atoms with Crippen molar-refractivity contribution in [3.05, 3.63) is 23.1 Å². The Hall–Kier alpha value is -1.45. The summed E-state index contributed by atoms with van der Waals surface area (Å²) in [6, 6.07) is 1.57. The van der Waals surface area contributed by atoms with Gasteiger partial charge in [0.25, 0.3) is 0 Å². The number of halogens is 1. The summed E-state index contributed by atoms with van der Waals surface area (Å²) in [6.45, 7) is 0.819. The molecule has 0 fully saturated rings. The third kappa shape index (κ3) is 1.39. The van der Waals surface area contributed by atoms with Crippen LogP contribution in [0.2, 0.25) is 0 Å². The number of carbonyl (C=O) groups is 1. The lowest BCUT2D eigenvalue weighted by molar-refractivity contribution is 0.111. The SMILES string of the molecule is O=Cc1cc2c(nc1F)NCCC2. The van der Waals surface area contributed by atoms with Gasteiger partial charge in [-0.15, -0.1) is 0 Å². The molecule has 0 unspecified atom stereocenters. The van der Waals surface area contributed by atoms with E-state index in [0.29, 0.717) is 12.1 Å². The van der Waals surface area contributed by atoms with Crippen LogP contribution in [0.1, 0.15) is 22.3 Å². The van der Waals surface area contributed by atoms with Crippen LogP contribution in [0.4, 0.5) is 10.2 Å². The zero-order valence-corrected chi connectivity index (χ0v) is 7.01. The van der Waals surface area contributed by atoms with Gasteiger partial charge in [0.15, 0.2) is 6.29 Å². The van der Waals surface area contributed by atoms with Crippen molar-refractivity contribution >= 4 is 12.1 Å². The van der Waals surface area contributed by atoms with Gasteiger partial charge < -0.3 is 5.32 Å². The monoisotopic (exact) mass is 180 g/mol. The Morgan fingerprint density at radius 1 is 1.62 bits per heavy atom. The number of hydrogen-bond acceptors (Lipinski definition) is 3. The van der Waals surface area contributed by atoms with Crippen molar-refractivity contribution in [1.29, 1.82) is 0 Å². The van der Waals surface area contributed by atoms with E-state index in [-0.39, 0.29) is 5.56 Å². The third-order valence-electron chi connectivity index (χ3n) is 2.12. The minimum Gasteiger partial charge on any atom is -0.370 e. The molecule has 0 radical (unpaired) electrons. The Morgan fingerprint density at radius 2 is 2.46 bits per heavy atom. The molecule has 1 aliphatic heterocycles. The summed E-state index contributed by atoms with van der Waals surface area (Å²) in [6.07, 6.45) is 2.35. The number of aryl methyl sites for hydroxylation is 1. The molecule has 1 aliphatic rings. The highest BCUT2D eigenvalue weighted by Gasteiger charge is 2.13. The molecule has 2 rings (SSSR count). The van der Waals surface area contributed by atoms with Gasteiger partial charge in [-0.1, -0.05) is 0 Å². The smallest absolute Gasteiger partial charge is 0.225 e. The lowest BCUT2D eigenvalue weighted by Crippen LogP contribution is -2.14. The second-order valence-corrected chi connectivity index (χ2v) is 3.02. The molecule has 0 aromatic carbocycles. The van der Waals surface area contributed by atoms with Crippen molar-refractivity contribution in [3.63, 3.8) is 0 Å². The first-order valence-electron chi connectivity index (χ1n) is 4.20. The van der Waals surface area contributed by atoms with Gasteiger partial charge >= 0.3 is 0 Å². The van der Waals surface area contributed by atoms with Gasteiger partial charge in [-0.25, -0.2) is 4.98 Å². The van der Waals surface area contributed by atoms with Gasteiger partial charge in [-0.05, 0) is 24.5 Å². The Morgan fingerprint density at radius 3 is 3.23 bits per heavy atom. The molecule has 0 bridgehead atoms. The largest absolute Gasteiger partial charge is 0.370 e. The molecule has 0 atom stereocenters. The highest BCUT2D eigenvalue weighted by molar-refractivity contribution is 5.76. The predicted molar refractivity (Wildman–Crippen MR) is 46.4 cm³/mol. The number of anilines is 1. The summed E-state index contributed by atoms with van der Waals surface area (Å²) < 4.78 is 13.0. The van der Waals surface area contributed by atoms with Gasteiger partial charge in [-0.3, -0.25) is 4.79 Å². The Labute approximate surface area is 75.0 Å². The summed E-state index contributed by atoms with van der Waals surface area (Å²) in [5.41, 5.74) is 0.970. The van der Waals surface area contributed by atoms with E-state index >= 15 is 0 Å². The Bertz CT molecular complexity index is 352. The van der Waals surface area contributed by atoms with E-state index in [1.54, 1.807) is 6.07 Å². The van der Waals surface area contributed by atoms with E-state index < -0.39 is 5.95 Å². The molecule has 0 amide bonds.